The summed E-state index contributed by atoms with van der Waals surface area (Å²) < 4.78 is 4.13. The first-order chi connectivity index (χ1) is 5.91. The summed E-state index contributed by atoms with van der Waals surface area (Å²) in [5, 5.41) is 8.59. The summed E-state index contributed by atoms with van der Waals surface area (Å²) >= 11 is 0. The highest BCUT2D eigenvalue weighted by molar-refractivity contribution is 6.24. The number of aliphatic carboxylic acids is 1. The van der Waals surface area contributed by atoms with Crippen LogP contribution in [0.4, 0.5) is 0 Å². The molecule has 0 aliphatic heterocycles. The van der Waals surface area contributed by atoms with E-state index in [4.69, 9.17) is 10.8 Å². The van der Waals surface area contributed by atoms with Gasteiger partial charge >= 0.3 is 11.9 Å². The lowest BCUT2D eigenvalue weighted by molar-refractivity contribution is -0.162. The van der Waals surface area contributed by atoms with Crippen LogP contribution >= 0.6 is 0 Å². The number of carboxylic acids is 1. The third kappa shape index (κ3) is 1.83. The van der Waals surface area contributed by atoms with Crippen molar-refractivity contribution in [2.75, 3.05) is 7.11 Å². The van der Waals surface area contributed by atoms with Crippen LogP contribution in [0.5, 0.6) is 0 Å². The molecule has 0 aromatic rings. The lowest BCUT2D eigenvalue weighted by Gasteiger charge is -2.18. The van der Waals surface area contributed by atoms with Gasteiger partial charge in [-0.05, 0) is 0 Å². The Labute approximate surface area is 74.7 Å². The molecule has 0 saturated heterocycles. The predicted octanol–water partition coefficient (Wildman–Crippen LogP) is -1.08. The Kier molecular flexibility index (Phi) is 3.55. The molecule has 0 bridgehead atoms. The van der Waals surface area contributed by atoms with Gasteiger partial charge in [-0.1, -0.05) is 6.92 Å². The maximum Gasteiger partial charge on any atom is 0.345 e. The molecule has 0 saturated carbocycles. The van der Waals surface area contributed by atoms with E-state index in [-0.39, 0.29) is 6.42 Å². The van der Waals surface area contributed by atoms with Gasteiger partial charge < -0.3 is 15.6 Å². The van der Waals surface area contributed by atoms with Crippen LogP contribution in [0.2, 0.25) is 0 Å². The summed E-state index contributed by atoms with van der Waals surface area (Å²) in [5.74, 6) is -3.84. The minimum atomic E-state index is -2.57. The molecule has 1 unspecified atom stereocenters. The number of ether oxygens (including phenoxy) is 1. The van der Waals surface area contributed by atoms with Crippen LogP contribution in [-0.4, -0.2) is 35.5 Å². The molecule has 6 heteroatoms. The number of rotatable bonds is 4. The van der Waals surface area contributed by atoms with Gasteiger partial charge in [0.05, 0.1) is 7.11 Å². The van der Waals surface area contributed by atoms with Crippen LogP contribution in [0.15, 0.2) is 0 Å². The number of methoxy groups -OCH3 is 1. The minimum absolute atomic E-state index is 0.141. The molecule has 74 valence electrons. The SMILES string of the molecule is CCC(=O)C(N)(C(=O)O)C(=O)OC. The van der Waals surface area contributed by atoms with E-state index in [1.807, 2.05) is 0 Å². The molecule has 1 atom stereocenters. The van der Waals surface area contributed by atoms with Crippen molar-refractivity contribution < 1.29 is 24.2 Å². The Bertz CT molecular complexity index is 231. The van der Waals surface area contributed by atoms with Crippen LogP contribution in [-0.2, 0) is 19.1 Å². The van der Waals surface area contributed by atoms with E-state index in [9.17, 15) is 14.4 Å². The van der Waals surface area contributed by atoms with Crippen molar-refractivity contribution in [3.05, 3.63) is 0 Å². The van der Waals surface area contributed by atoms with Crippen LogP contribution in [0.1, 0.15) is 13.3 Å². The van der Waals surface area contributed by atoms with Gasteiger partial charge in [-0.25, -0.2) is 9.59 Å². The van der Waals surface area contributed by atoms with Crippen LogP contribution in [0.25, 0.3) is 0 Å². The number of nitrogens with two attached hydrogens (primary N) is 1. The van der Waals surface area contributed by atoms with Crippen molar-refractivity contribution in [2.24, 2.45) is 5.73 Å². The highest BCUT2D eigenvalue weighted by Gasteiger charge is 2.49. The molecular formula is C7H11NO5. The molecule has 0 aromatic heterocycles. The molecule has 0 fully saturated rings. The molecule has 6 nitrogen and oxygen atoms in total. The van der Waals surface area contributed by atoms with Crippen LogP contribution in [0.3, 0.4) is 0 Å². The number of carbonyl (C=O) groups excluding carboxylic acids is 2. The van der Waals surface area contributed by atoms with Gasteiger partial charge in [0.25, 0.3) is 5.54 Å². The zero-order valence-electron chi connectivity index (χ0n) is 7.36. The summed E-state index contributed by atoms with van der Waals surface area (Å²) in [6, 6.07) is 0. The van der Waals surface area contributed by atoms with Gasteiger partial charge in [0.1, 0.15) is 0 Å². The van der Waals surface area contributed by atoms with E-state index in [2.05, 4.69) is 4.74 Å². The summed E-state index contributed by atoms with van der Waals surface area (Å²) in [6.07, 6.45) is -0.141. The van der Waals surface area contributed by atoms with Crippen molar-refractivity contribution in [3.8, 4) is 0 Å². The second-order valence-corrected chi connectivity index (χ2v) is 2.38. The van der Waals surface area contributed by atoms with Gasteiger partial charge in [-0.15, -0.1) is 0 Å². The summed E-state index contributed by atoms with van der Waals surface area (Å²) in [7, 11) is 0.968. The Hall–Kier alpha value is -1.43. The Morgan fingerprint density at radius 2 is 1.92 bits per heavy atom. The maximum atomic E-state index is 11.1. The van der Waals surface area contributed by atoms with E-state index in [1.54, 1.807) is 0 Å². The summed E-state index contributed by atoms with van der Waals surface area (Å²) in [5.41, 5.74) is 2.56. The summed E-state index contributed by atoms with van der Waals surface area (Å²) in [4.78, 5) is 32.6. The zero-order chi connectivity index (χ0) is 10.6. The van der Waals surface area contributed by atoms with Crippen molar-refractivity contribution in [1.82, 2.24) is 0 Å². The molecule has 0 rings (SSSR count). The van der Waals surface area contributed by atoms with Crippen LogP contribution in [0, 0.1) is 0 Å². The van der Waals surface area contributed by atoms with E-state index in [0.29, 0.717) is 0 Å². The number of Topliss-reactive ketones (excluding diaryl/α,β-unsaturated/α-hetero) is 1. The average Bonchev–Trinajstić information content (AvgIpc) is 2.13. The van der Waals surface area contributed by atoms with Gasteiger partial charge in [0, 0.05) is 6.42 Å². The third-order valence-corrected chi connectivity index (χ3v) is 1.61. The van der Waals surface area contributed by atoms with Gasteiger partial charge in [-0.3, -0.25) is 4.79 Å². The molecule has 13 heavy (non-hydrogen) atoms. The fourth-order valence-corrected chi connectivity index (χ4v) is 0.760. The molecule has 0 amide bonds. The predicted molar refractivity (Wildman–Crippen MR) is 41.9 cm³/mol. The molecule has 3 N–H and O–H groups in total. The molecule has 0 heterocycles. The molecule has 0 aliphatic carbocycles. The zero-order valence-corrected chi connectivity index (χ0v) is 7.36. The fraction of sp³-hybridized carbons (Fsp3) is 0.571. The lowest BCUT2D eigenvalue weighted by Crippen LogP contribution is -2.61. The van der Waals surface area contributed by atoms with Crippen LogP contribution < -0.4 is 5.73 Å². The van der Waals surface area contributed by atoms with Gasteiger partial charge in [0.2, 0.25) is 0 Å². The third-order valence-electron chi connectivity index (χ3n) is 1.61. The number of ketones is 1. The first-order valence-corrected chi connectivity index (χ1v) is 3.55. The maximum absolute atomic E-state index is 11.1. The molecule has 0 spiro atoms. The Morgan fingerprint density at radius 1 is 1.46 bits per heavy atom. The van der Waals surface area contributed by atoms with Gasteiger partial charge in [-0.2, -0.15) is 0 Å². The minimum Gasteiger partial charge on any atom is -0.479 e. The standard InChI is InChI=1S/C7H11NO5/c1-3-4(9)7(8,5(10)11)6(12)13-2/h3,8H2,1-2H3,(H,10,11). The van der Waals surface area contributed by atoms with E-state index < -0.39 is 23.3 Å². The second-order valence-electron chi connectivity index (χ2n) is 2.38. The number of carboxylic acid groups (broad SMARTS) is 1. The highest BCUT2D eigenvalue weighted by atomic mass is 16.5. The van der Waals surface area contributed by atoms with Crippen molar-refractivity contribution >= 4 is 17.7 Å². The molecule has 0 aliphatic rings. The topological polar surface area (TPSA) is 107 Å². The largest absolute Gasteiger partial charge is 0.479 e. The smallest absolute Gasteiger partial charge is 0.345 e. The number of hydrogen-bond donors (Lipinski definition) is 2. The lowest BCUT2D eigenvalue weighted by atomic mass is 9.94. The second kappa shape index (κ2) is 3.99. The molecule has 0 radical (unpaired) electrons. The number of hydrogen-bond acceptors (Lipinski definition) is 5. The number of carbonyl (C=O) groups is 3. The van der Waals surface area contributed by atoms with Crippen molar-refractivity contribution in [2.45, 2.75) is 18.9 Å². The number of esters is 1. The first kappa shape index (κ1) is 11.6. The fourth-order valence-electron chi connectivity index (χ4n) is 0.760. The quantitative estimate of drug-likeness (QED) is 0.430. The molecule has 0 aromatic carbocycles. The molecular weight excluding hydrogens is 178 g/mol. The van der Waals surface area contributed by atoms with Crippen molar-refractivity contribution in [1.29, 1.82) is 0 Å². The summed E-state index contributed by atoms with van der Waals surface area (Å²) in [6.45, 7) is 1.41. The van der Waals surface area contributed by atoms with E-state index in [1.165, 1.54) is 6.92 Å². The van der Waals surface area contributed by atoms with E-state index in [0.717, 1.165) is 7.11 Å². The van der Waals surface area contributed by atoms with Crippen molar-refractivity contribution in [3.63, 3.8) is 0 Å². The average molecular weight is 189 g/mol. The monoisotopic (exact) mass is 189 g/mol. The Morgan fingerprint density at radius 3 is 2.15 bits per heavy atom. The Balaban J connectivity index is 5.06. The highest BCUT2D eigenvalue weighted by Crippen LogP contribution is 2.08. The van der Waals surface area contributed by atoms with Gasteiger partial charge in [0.15, 0.2) is 5.78 Å². The first-order valence-electron chi connectivity index (χ1n) is 3.55. The normalized spacial score (nSPS) is 14.4. The van der Waals surface area contributed by atoms with E-state index >= 15 is 0 Å².